The highest BCUT2D eigenvalue weighted by Crippen LogP contribution is 2.22. The van der Waals surface area contributed by atoms with Crippen molar-refractivity contribution in [1.29, 1.82) is 0 Å². The molecule has 2 aromatic rings. The summed E-state index contributed by atoms with van der Waals surface area (Å²) in [6.45, 7) is 1.95. The highest BCUT2D eigenvalue weighted by Gasteiger charge is 2.20. The molecule has 1 N–H and O–H groups in total. The number of carbonyl (C=O) groups is 1. The molecule has 0 bridgehead atoms. The van der Waals surface area contributed by atoms with Crippen LogP contribution in [0.25, 0.3) is 0 Å². The maximum absolute atomic E-state index is 13.1. The van der Waals surface area contributed by atoms with Crippen LogP contribution < -0.4 is 0 Å². The Morgan fingerprint density at radius 3 is 2.47 bits per heavy atom. The van der Waals surface area contributed by atoms with Gasteiger partial charge in [0.25, 0.3) is 0 Å². The Balaban J connectivity index is 2.26. The van der Waals surface area contributed by atoms with Crippen LogP contribution in [0.2, 0.25) is 0 Å². The molecular weight excluding hydrogens is 243 g/mol. The number of aryl methyl sites for hydroxylation is 1. The predicted octanol–water partition coefficient (Wildman–Crippen LogP) is 3.55. The van der Waals surface area contributed by atoms with Crippen LogP contribution in [-0.4, -0.2) is 11.1 Å². The van der Waals surface area contributed by atoms with Gasteiger partial charge >= 0.3 is 5.97 Å². The van der Waals surface area contributed by atoms with Gasteiger partial charge < -0.3 is 5.11 Å². The van der Waals surface area contributed by atoms with E-state index in [2.05, 4.69) is 0 Å². The molecular formula is C16H15FO2. The number of halogens is 1. The predicted molar refractivity (Wildman–Crippen MR) is 71.7 cm³/mol. The monoisotopic (exact) mass is 258 g/mol. The molecule has 2 rings (SSSR count). The first-order chi connectivity index (χ1) is 9.06. The number of hydrogen-bond donors (Lipinski definition) is 1. The molecule has 0 aliphatic carbocycles. The fourth-order valence-corrected chi connectivity index (χ4v) is 2.05. The molecule has 0 aromatic heterocycles. The van der Waals surface area contributed by atoms with Crippen molar-refractivity contribution in [1.82, 2.24) is 0 Å². The summed E-state index contributed by atoms with van der Waals surface area (Å²) in [5.74, 6) is -1.89. The van der Waals surface area contributed by atoms with E-state index in [0.29, 0.717) is 5.56 Å². The van der Waals surface area contributed by atoms with Gasteiger partial charge in [-0.15, -0.1) is 0 Å². The smallest absolute Gasteiger partial charge is 0.311 e. The second-order valence-corrected chi connectivity index (χ2v) is 4.64. The lowest BCUT2D eigenvalue weighted by molar-refractivity contribution is -0.138. The normalized spacial score (nSPS) is 12.1. The van der Waals surface area contributed by atoms with Gasteiger partial charge in [-0.1, -0.05) is 42.0 Å². The maximum Gasteiger partial charge on any atom is 0.311 e. The topological polar surface area (TPSA) is 37.3 Å². The molecule has 2 nitrogen and oxygen atoms in total. The van der Waals surface area contributed by atoms with Crippen molar-refractivity contribution in [2.45, 2.75) is 19.3 Å². The zero-order chi connectivity index (χ0) is 13.8. The Morgan fingerprint density at radius 2 is 1.89 bits per heavy atom. The van der Waals surface area contributed by atoms with Crippen LogP contribution in [-0.2, 0) is 11.2 Å². The third-order valence-corrected chi connectivity index (χ3v) is 3.11. The molecule has 2 aromatic carbocycles. The van der Waals surface area contributed by atoms with E-state index in [0.717, 1.165) is 11.1 Å². The van der Waals surface area contributed by atoms with Gasteiger partial charge in [-0.25, -0.2) is 4.39 Å². The summed E-state index contributed by atoms with van der Waals surface area (Å²) < 4.78 is 13.1. The Hall–Kier alpha value is -2.16. The van der Waals surface area contributed by atoms with Crippen molar-refractivity contribution >= 4 is 5.97 Å². The van der Waals surface area contributed by atoms with Crippen molar-refractivity contribution in [2.75, 3.05) is 0 Å². The van der Waals surface area contributed by atoms with E-state index in [1.54, 1.807) is 12.1 Å². The van der Waals surface area contributed by atoms with Crippen molar-refractivity contribution in [3.8, 4) is 0 Å². The molecule has 0 amide bonds. The summed E-state index contributed by atoms with van der Waals surface area (Å²) in [6.07, 6.45) is 0.288. The molecule has 19 heavy (non-hydrogen) atoms. The number of carboxylic acid groups (broad SMARTS) is 1. The van der Waals surface area contributed by atoms with Crippen molar-refractivity contribution < 1.29 is 14.3 Å². The first-order valence-corrected chi connectivity index (χ1v) is 6.10. The van der Waals surface area contributed by atoms with Gasteiger partial charge in [0, 0.05) is 0 Å². The molecule has 98 valence electrons. The quantitative estimate of drug-likeness (QED) is 0.910. The summed E-state index contributed by atoms with van der Waals surface area (Å²) in [5, 5.41) is 9.33. The Morgan fingerprint density at radius 1 is 1.21 bits per heavy atom. The van der Waals surface area contributed by atoms with Crippen molar-refractivity contribution in [3.63, 3.8) is 0 Å². The number of rotatable bonds is 4. The van der Waals surface area contributed by atoms with Crippen LogP contribution in [0, 0.1) is 12.7 Å². The summed E-state index contributed by atoms with van der Waals surface area (Å²) >= 11 is 0. The zero-order valence-corrected chi connectivity index (χ0v) is 10.6. The summed E-state index contributed by atoms with van der Waals surface area (Å²) in [6, 6.07) is 13.5. The summed E-state index contributed by atoms with van der Waals surface area (Å²) in [5.41, 5.74) is 2.51. The van der Waals surface area contributed by atoms with Gasteiger partial charge in [0.05, 0.1) is 5.92 Å². The van der Waals surface area contributed by atoms with Crippen LogP contribution in [0.5, 0.6) is 0 Å². The molecule has 0 fully saturated rings. The fourth-order valence-electron chi connectivity index (χ4n) is 2.05. The first kappa shape index (κ1) is 13.3. The molecule has 0 radical (unpaired) electrons. The average Bonchev–Trinajstić information content (AvgIpc) is 2.37. The number of aliphatic carboxylic acids is 1. The summed E-state index contributed by atoms with van der Waals surface area (Å²) in [4.78, 5) is 11.4. The zero-order valence-electron chi connectivity index (χ0n) is 10.6. The second-order valence-electron chi connectivity index (χ2n) is 4.64. The van der Waals surface area contributed by atoms with Crippen LogP contribution >= 0.6 is 0 Å². The molecule has 0 aliphatic rings. The molecule has 0 heterocycles. The van der Waals surface area contributed by atoms with E-state index in [9.17, 15) is 14.3 Å². The third kappa shape index (κ3) is 3.41. The van der Waals surface area contributed by atoms with Crippen LogP contribution in [0.4, 0.5) is 4.39 Å². The largest absolute Gasteiger partial charge is 0.481 e. The Kier molecular flexibility index (Phi) is 3.95. The number of benzene rings is 2. The van der Waals surface area contributed by atoms with Crippen LogP contribution in [0.3, 0.4) is 0 Å². The van der Waals surface area contributed by atoms with Crippen LogP contribution in [0.15, 0.2) is 48.5 Å². The van der Waals surface area contributed by atoms with E-state index < -0.39 is 11.9 Å². The van der Waals surface area contributed by atoms with E-state index in [1.807, 2.05) is 31.2 Å². The van der Waals surface area contributed by atoms with Gasteiger partial charge in [-0.3, -0.25) is 4.79 Å². The highest BCUT2D eigenvalue weighted by atomic mass is 19.1. The van der Waals surface area contributed by atoms with Gasteiger partial charge in [0.2, 0.25) is 0 Å². The molecule has 1 unspecified atom stereocenters. The van der Waals surface area contributed by atoms with Gasteiger partial charge in [-0.2, -0.15) is 0 Å². The minimum atomic E-state index is -0.895. The highest BCUT2D eigenvalue weighted by molar-refractivity contribution is 5.76. The number of carboxylic acids is 1. The Bertz CT molecular complexity index is 576. The maximum atomic E-state index is 13.1. The lowest BCUT2D eigenvalue weighted by Crippen LogP contribution is -2.14. The van der Waals surface area contributed by atoms with Gasteiger partial charge in [0.15, 0.2) is 0 Å². The molecule has 0 saturated carbocycles. The van der Waals surface area contributed by atoms with E-state index in [1.165, 1.54) is 12.1 Å². The average molecular weight is 258 g/mol. The minimum Gasteiger partial charge on any atom is -0.481 e. The second kappa shape index (κ2) is 5.65. The Labute approximate surface area is 111 Å². The standard InChI is InChI=1S/C16H15FO2/c1-11-5-7-13(8-6-11)15(16(18)19)10-12-3-2-4-14(17)9-12/h2-9,15H,10H2,1H3,(H,18,19). The van der Waals surface area contributed by atoms with Gasteiger partial charge in [-0.05, 0) is 36.6 Å². The molecule has 0 spiro atoms. The van der Waals surface area contributed by atoms with Crippen molar-refractivity contribution in [3.05, 3.63) is 71.0 Å². The van der Waals surface area contributed by atoms with E-state index in [4.69, 9.17) is 0 Å². The van der Waals surface area contributed by atoms with Crippen molar-refractivity contribution in [2.24, 2.45) is 0 Å². The summed E-state index contributed by atoms with van der Waals surface area (Å²) in [7, 11) is 0. The van der Waals surface area contributed by atoms with Crippen LogP contribution in [0.1, 0.15) is 22.6 Å². The van der Waals surface area contributed by atoms with E-state index >= 15 is 0 Å². The SMILES string of the molecule is Cc1ccc(C(Cc2cccc(F)c2)C(=O)O)cc1. The third-order valence-electron chi connectivity index (χ3n) is 3.11. The molecule has 0 aliphatic heterocycles. The first-order valence-electron chi connectivity index (χ1n) is 6.10. The number of hydrogen-bond acceptors (Lipinski definition) is 1. The minimum absolute atomic E-state index is 0.288. The molecule has 1 atom stereocenters. The lowest BCUT2D eigenvalue weighted by Gasteiger charge is -2.13. The molecule has 3 heteroatoms. The fraction of sp³-hybridized carbons (Fsp3) is 0.188. The molecule has 0 saturated heterocycles. The van der Waals surface area contributed by atoms with E-state index in [-0.39, 0.29) is 12.2 Å². The lowest BCUT2D eigenvalue weighted by atomic mass is 9.91. The van der Waals surface area contributed by atoms with Gasteiger partial charge in [0.1, 0.15) is 5.82 Å².